The third-order valence-electron chi connectivity index (χ3n) is 1.69. The summed E-state index contributed by atoms with van der Waals surface area (Å²) in [5, 5.41) is 0. The molecule has 1 fully saturated rings. The molecule has 1 aliphatic heterocycles. The van der Waals surface area contributed by atoms with Crippen molar-refractivity contribution in [3.63, 3.8) is 0 Å². The lowest BCUT2D eigenvalue weighted by Gasteiger charge is -2.04. The summed E-state index contributed by atoms with van der Waals surface area (Å²) in [5.74, 6) is 0. The van der Waals surface area contributed by atoms with Gasteiger partial charge in [0.05, 0.1) is 6.04 Å². The van der Waals surface area contributed by atoms with E-state index in [1.54, 1.807) is 0 Å². The lowest BCUT2D eigenvalue weighted by atomic mass is 10.1. The van der Waals surface area contributed by atoms with E-state index >= 15 is 0 Å². The molecule has 1 heterocycles. The highest BCUT2D eigenvalue weighted by molar-refractivity contribution is 5.18. The Balaban J connectivity index is 2.16. The van der Waals surface area contributed by atoms with Gasteiger partial charge in [0.15, 0.2) is 0 Å². The van der Waals surface area contributed by atoms with E-state index in [2.05, 4.69) is 10.5 Å². The molecule has 11 heavy (non-hydrogen) atoms. The Kier molecular flexibility index (Phi) is 1.85. The van der Waals surface area contributed by atoms with Gasteiger partial charge in [-0.15, -0.1) is 4.99 Å². The Morgan fingerprint density at radius 1 is 1.27 bits per heavy atom. The summed E-state index contributed by atoms with van der Waals surface area (Å²) in [6, 6.07) is 10.2. The van der Waals surface area contributed by atoms with Crippen molar-refractivity contribution in [2.24, 2.45) is 0 Å². The third kappa shape index (κ3) is 1.40. The van der Waals surface area contributed by atoms with Crippen molar-refractivity contribution in [2.75, 3.05) is 6.61 Å². The predicted molar refractivity (Wildman–Crippen MR) is 39.4 cm³/mol. The van der Waals surface area contributed by atoms with Crippen LogP contribution in [-0.4, -0.2) is 6.61 Å². The summed E-state index contributed by atoms with van der Waals surface area (Å²) in [4.78, 5) is 9.26. The maximum Gasteiger partial charge on any atom is 0.106 e. The molecule has 58 valence electrons. The Labute approximate surface area is 64.8 Å². The summed E-state index contributed by atoms with van der Waals surface area (Å²) in [6.07, 6.45) is 0. The largest absolute Gasteiger partial charge is 0.216 e. The van der Waals surface area contributed by atoms with Crippen molar-refractivity contribution in [3.05, 3.63) is 35.9 Å². The average molecular weight is 151 g/mol. The number of rotatable bonds is 1. The summed E-state index contributed by atoms with van der Waals surface area (Å²) < 4.78 is 0. The van der Waals surface area contributed by atoms with Gasteiger partial charge < -0.3 is 0 Å². The number of hydrogen-bond acceptors (Lipinski definition) is 3. The van der Waals surface area contributed by atoms with Gasteiger partial charge in [-0.3, -0.25) is 0 Å². The lowest BCUT2D eigenvalue weighted by molar-refractivity contribution is -0.286. The Morgan fingerprint density at radius 3 is 2.73 bits per heavy atom. The molecule has 1 aliphatic rings. The molecule has 2 rings (SSSR count). The Hall–Kier alpha value is -0.900. The van der Waals surface area contributed by atoms with Gasteiger partial charge in [0.1, 0.15) is 6.61 Å². The zero-order valence-corrected chi connectivity index (χ0v) is 5.99. The van der Waals surface area contributed by atoms with E-state index in [0.717, 1.165) is 0 Å². The first-order chi connectivity index (χ1) is 5.47. The minimum absolute atomic E-state index is 0.177. The fourth-order valence-electron chi connectivity index (χ4n) is 1.08. The molecule has 0 aromatic heterocycles. The van der Waals surface area contributed by atoms with Crippen LogP contribution < -0.4 is 5.48 Å². The molecule has 1 aromatic rings. The quantitative estimate of drug-likeness (QED) is 0.611. The first-order valence-corrected chi connectivity index (χ1v) is 3.56. The van der Waals surface area contributed by atoms with E-state index in [1.807, 2.05) is 30.3 Å². The highest BCUT2D eigenvalue weighted by Crippen LogP contribution is 2.16. The van der Waals surface area contributed by atoms with E-state index < -0.39 is 0 Å². The molecule has 1 saturated heterocycles. The molecule has 1 aromatic carbocycles. The Morgan fingerprint density at radius 2 is 2.09 bits per heavy atom. The minimum atomic E-state index is 0.177. The topological polar surface area (TPSA) is 30.5 Å². The SMILES string of the molecule is c1ccc([C@H]2COON2)cc1. The smallest absolute Gasteiger partial charge is 0.106 e. The predicted octanol–water partition coefficient (Wildman–Crippen LogP) is 1.19. The van der Waals surface area contributed by atoms with Gasteiger partial charge >= 0.3 is 0 Å². The molecule has 0 spiro atoms. The normalized spacial score (nSPS) is 23.8. The van der Waals surface area contributed by atoms with Crippen molar-refractivity contribution >= 4 is 0 Å². The minimum Gasteiger partial charge on any atom is -0.216 e. The van der Waals surface area contributed by atoms with Crippen LogP contribution in [0.1, 0.15) is 11.6 Å². The fraction of sp³-hybridized carbons (Fsp3) is 0.250. The monoisotopic (exact) mass is 151 g/mol. The standard InChI is InChI=1S/C8H9NO2/c1-2-4-7(5-3-1)8-6-10-11-9-8/h1-5,8-9H,6H2/t8-/m1/s1. The van der Waals surface area contributed by atoms with Crippen molar-refractivity contribution in [2.45, 2.75) is 6.04 Å². The van der Waals surface area contributed by atoms with Crippen LogP contribution in [0.5, 0.6) is 0 Å². The maximum atomic E-state index is 4.70. The van der Waals surface area contributed by atoms with Crippen LogP contribution in [0, 0.1) is 0 Å². The molecule has 0 bridgehead atoms. The lowest BCUT2D eigenvalue weighted by Crippen LogP contribution is -2.12. The van der Waals surface area contributed by atoms with E-state index in [0.29, 0.717) is 6.61 Å². The molecule has 1 atom stereocenters. The van der Waals surface area contributed by atoms with Gasteiger partial charge in [-0.25, -0.2) is 4.89 Å². The van der Waals surface area contributed by atoms with Gasteiger partial charge in [0.2, 0.25) is 0 Å². The van der Waals surface area contributed by atoms with Crippen molar-refractivity contribution in [3.8, 4) is 0 Å². The fourth-order valence-corrected chi connectivity index (χ4v) is 1.08. The average Bonchev–Trinajstić information content (AvgIpc) is 2.58. The Bertz CT molecular complexity index is 219. The number of hydrogen-bond donors (Lipinski definition) is 1. The zero-order chi connectivity index (χ0) is 7.52. The van der Waals surface area contributed by atoms with Crippen molar-refractivity contribution in [1.29, 1.82) is 0 Å². The molecule has 3 heteroatoms. The number of hydroxylamine groups is 1. The van der Waals surface area contributed by atoms with Crippen molar-refractivity contribution in [1.82, 2.24) is 5.48 Å². The van der Waals surface area contributed by atoms with Crippen LogP contribution in [0.2, 0.25) is 0 Å². The maximum absolute atomic E-state index is 4.70. The van der Waals surface area contributed by atoms with Crippen LogP contribution in [0.4, 0.5) is 0 Å². The zero-order valence-electron chi connectivity index (χ0n) is 5.99. The highest BCUT2D eigenvalue weighted by atomic mass is 17.3. The molecule has 1 N–H and O–H groups in total. The van der Waals surface area contributed by atoms with Gasteiger partial charge in [-0.1, -0.05) is 30.3 Å². The molecular weight excluding hydrogens is 142 g/mol. The van der Waals surface area contributed by atoms with Gasteiger partial charge in [-0.05, 0) is 5.56 Å². The van der Waals surface area contributed by atoms with Crippen LogP contribution in [0.15, 0.2) is 30.3 Å². The van der Waals surface area contributed by atoms with Crippen LogP contribution in [0.3, 0.4) is 0 Å². The summed E-state index contributed by atoms with van der Waals surface area (Å²) in [7, 11) is 0. The van der Waals surface area contributed by atoms with Gasteiger partial charge in [0, 0.05) is 0 Å². The summed E-state index contributed by atoms with van der Waals surface area (Å²) >= 11 is 0. The third-order valence-corrected chi connectivity index (χ3v) is 1.69. The van der Waals surface area contributed by atoms with Crippen LogP contribution in [-0.2, 0) is 9.88 Å². The van der Waals surface area contributed by atoms with Crippen LogP contribution >= 0.6 is 0 Å². The van der Waals surface area contributed by atoms with E-state index in [1.165, 1.54) is 5.56 Å². The van der Waals surface area contributed by atoms with E-state index in [-0.39, 0.29) is 6.04 Å². The highest BCUT2D eigenvalue weighted by Gasteiger charge is 2.17. The number of benzene rings is 1. The van der Waals surface area contributed by atoms with Crippen LogP contribution in [0.25, 0.3) is 0 Å². The molecule has 3 nitrogen and oxygen atoms in total. The second-order valence-corrected chi connectivity index (χ2v) is 2.45. The molecule has 0 amide bonds. The van der Waals surface area contributed by atoms with Gasteiger partial charge in [0.25, 0.3) is 0 Å². The molecular formula is C8H9NO2. The summed E-state index contributed by atoms with van der Waals surface area (Å²) in [5.41, 5.74) is 3.94. The first kappa shape index (κ1) is 6.79. The van der Waals surface area contributed by atoms with Crippen molar-refractivity contribution < 1.29 is 9.88 Å². The molecule has 0 aliphatic carbocycles. The molecule has 0 radical (unpaired) electrons. The second kappa shape index (κ2) is 3.00. The van der Waals surface area contributed by atoms with Gasteiger partial charge in [-0.2, -0.15) is 5.48 Å². The van der Waals surface area contributed by atoms with E-state index in [4.69, 9.17) is 4.89 Å². The first-order valence-electron chi connectivity index (χ1n) is 3.56. The molecule has 0 saturated carbocycles. The second-order valence-electron chi connectivity index (χ2n) is 2.45. The van der Waals surface area contributed by atoms with E-state index in [9.17, 15) is 0 Å². The summed E-state index contributed by atoms with van der Waals surface area (Å²) in [6.45, 7) is 0.573. The molecule has 0 unspecified atom stereocenters. The number of nitrogens with one attached hydrogen (secondary N) is 1.